The fourth-order valence-electron chi connectivity index (χ4n) is 2.85. The number of benzene rings is 1. The number of unbranched alkanes of at least 4 members (excludes halogenated alkanes) is 2. The zero-order chi connectivity index (χ0) is 19.6. The molecule has 1 heterocycles. The van der Waals surface area contributed by atoms with Crippen LogP contribution in [0.15, 0.2) is 53.9 Å². The first kappa shape index (κ1) is 20.2. The Hall–Kier alpha value is -3.13. The molecule has 0 radical (unpaired) electrons. The van der Waals surface area contributed by atoms with E-state index in [4.69, 9.17) is 10.5 Å². The minimum absolute atomic E-state index is 0.373. The van der Waals surface area contributed by atoms with E-state index in [1.54, 1.807) is 12.3 Å². The predicted molar refractivity (Wildman–Crippen MR) is 105 cm³/mol. The van der Waals surface area contributed by atoms with Crippen molar-refractivity contribution in [1.29, 1.82) is 5.26 Å². The highest BCUT2D eigenvalue weighted by molar-refractivity contribution is 5.89. The van der Waals surface area contributed by atoms with Crippen molar-refractivity contribution in [2.24, 2.45) is 5.73 Å². The second kappa shape index (κ2) is 10.1. The molecule has 1 aromatic heterocycles. The molecule has 0 bridgehead atoms. The third-order valence-electron chi connectivity index (χ3n) is 4.40. The average Bonchev–Trinajstić information content (AvgIpc) is 2.72. The first-order chi connectivity index (χ1) is 13.1. The van der Waals surface area contributed by atoms with Crippen LogP contribution < -0.4 is 5.73 Å². The van der Waals surface area contributed by atoms with E-state index in [0.717, 1.165) is 36.1 Å². The van der Waals surface area contributed by atoms with Gasteiger partial charge in [-0.05, 0) is 30.5 Å². The van der Waals surface area contributed by atoms with Gasteiger partial charge in [0, 0.05) is 23.9 Å². The molecule has 2 rings (SSSR count). The Balaban J connectivity index is 2.23. The lowest BCUT2D eigenvalue weighted by Gasteiger charge is -2.11. The number of carbonyl (C=O) groups excluding carboxylic acids is 1. The number of hydrogen-bond acceptors (Lipinski definition) is 5. The lowest BCUT2D eigenvalue weighted by molar-refractivity contribution is -0.136. The van der Waals surface area contributed by atoms with Gasteiger partial charge in [0.15, 0.2) is 0 Å². The van der Waals surface area contributed by atoms with Gasteiger partial charge in [-0.25, -0.2) is 4.79 Å². The summed E-state index contributed by atoms with van der Waals surface area (Å²) in [7, 11) is 1.36. The highest BCUT2D eigenvalue weighted by Crippen LogP contribution is 2.22. The molecular formula is C22H25N3O2. The number of carbonyl (C=O) groups is 1. The summed E-state index contributed by atoms with van der Waals surface area (Å²) in [5.74, 6) is -0.400. The fraction of sp³-hybridized carbons (Fsp3) is 0.318. The monoisotopic (exact) mass is 363 g/mol. The molecule has 0 aliphatic carbocycles. The number of ether oxygens (including phenoxy) is 1. The maximum atomic E-state index is 12.1. The van der Waals surface area contributed by atoms with Crippen molar-refractivity contribution in [3.8, 4) is 17.3 Å². The smallest absolute Gasteiger partial charge is 0.335 e. The number of nitrogens with two attached hydrogens (primary N) is 1. The van der Waals surface area contributed by atoms with Crippen molar-refractivity contribution in [3.63, 3.8) is 0 Å². The molecule has 0 atom stereocenters. The lowest BCUT2D eigenvalue weighted by atomic mass is 10.0. The molecule has 0 amide bonds. The second-order valence-electron chi connectivity index (χ2n) is 6.34. The quantitative estimate of drug-likeness (QED) is 0.433. The van der Waals surface area contributed by atoms with E-state index >= 15 is 0 Å². The lowest BCUT2D eigenvalue weighted by Crippen LogP contribution is -2.15. The summed E-state index contributed by atoms with van der Waals surface area (Å²) in [5, 5.41) is 9.24. The summed E-state index contributed by atoms with van der Waals surface area (Å²) in [6.45, 7) is 2.12. The van der Waals surface area contributed by atoms with Gasteiger partial charge in [0.2, 0.25) is 0 Å². The van der Waals surface area contributed by atoms with E-state index in [1.807, 2.05) is 30.3 Å². The molecule has 0 saturated heterocycles. The summed E-state index contributed by atoms with van der Waals surface area (Å²) in [4.78, 5) is 16.6. The number of hydrogen-bond donors (Lipinski definition) is 1. The van der Waals surface area contributed by atoms with E-state index in [9.17, 15) is 10.1 Å². The van der Waals surface area contributed by atoms with Crippen LogP contribution in [0.1, 0.15) is 43.7 Å². The van der Waals surface area contributed by atoms with Crippen LogP contribution in [0.2, 0.25) is 0 Å². The zero-order valence-electron chi connectivity index (χ0n) is 15.9. The molecule has 2 aromatic rings. The normalized spacial score (nSPS) is 11.4. The standard InChI is InChI=1S/C22H25N3O2/c1-3-4-5-10-20(24)19(22(26)27-2)13-16-11-12-21(25-15-16)18-9-7-6-8-17(18)14-23/h6-9,11-12,15H,3-5,10,13,24H2,1-2H3. The van der Waals surface area contributed by atoms with Gasteiger partial charge in [-0.2, -0.15) is 5.26 Å². The van der Waals surface area contributed by atoms with E-state index < -0.39 is 5.97 Å². The van der Waals surface area contributed by atoms with Crippen molar-refractivity contribution in [2.75, 3.05) is 7.11 Å². The largest absolute Gasteiger partial charge is 0.466 e. The highest BCUT2D eigenvalue weighted by atomic mass is 16.5. The van der Waals surface area contributed by atoms with Gasteiger partial charge < -0.3 is 10.5 Å². The molecule has 0 aliphatic rings. The van der Waals surface area contributed by atoms with Gasteiger partial charge in [-0.3, -0.25) is 4.98 Å². The summed E-state index contributed by atoms with van der Waals surface area (Å²) in [6, 6.07) is 13.3. The van der Waals surface area contributed by atoms with Crippen LogP contribution >= 0.6 is 0 Å². The van der Waals surface area contributed by atoms with Crippen LogP contribution in [0, 0.1) is 11.3 Å². The average molecular weight is 363 g/mol. The molecule has 0 aliphatic heterocycles. The third-order valence-corrected chi connectivity index (χ3v) is 4.40. The summed E-state index contributed by atoms with van der Waals surface area (Å²) in [6.07, 6.45) is 5.88. The second-order valence-corrected chi connectivity index (χ2v) is 6.34. The van der Waals surface area contributed by atoms with E-state index in [0.29, 0.717) is 29.7 Å². The van der Waals surface area contributed by atoms with E-state index in [1.165, 1.54) is 7.11 Å². The molecule has 5 heteroatoms. The van der Waals surface area contributed by atoms with Gasteiger partial charge in [-0.15, -0.1) is 0 Å². The minimum Gasteiger partial charge on any atom is -0.466 e. The molecule has 0 spiro atoms. The molecule has 0 fully saturated rings. The van der Waals surface area contributed by atoms with Crippen molar-refractivity contribution < 1.29 is 9.53 Å². The van der Waals surface area contributed by atoms with Crippen LogP contribution in [0.25, 0.3) is 11.3 Å². The predicted octanol–water partition coefficient (Wildman–Crippen LogP) is 4.13. The first-order valence-electron chi connectivity index (χ1n) is 9.11. The maximum absolute atomic E-state index is 12.1. The molecular weight excluding hydrogens is 338 g/mol. The van der Waals surface area contributed by atoms with Crippen molar-refractivity contribution in [3.05, 3.63) is 65.0 Å². The summed E-state index contributed by atoms with van der Waals surface area (Å²) >= 11 is 0. The van der Waals surface area contributed by atoms with Crippen LogP contribution in [-0.2, 0) is 16.0 Å². The number of pyridine rings is 1. The van der Waals surface area contributed by atoms with Gasteiger partial charge >= 0.3 is 5.97 Å². The van der Waals surface area contributed by atoms with Gasteiger partial charge in [0.05, 0.1) is 30.0 Å². The molecule has 1 aromatic carbocycles. The van der Waals surface area contributed by atoms with Crippen LogP contribution in [0.3, 0.4) is 0 Å². The summed E-state index contributed by atoms with van der Waals surface area (Å²) < 4.78 is 4.90. The van der Waals surface area contributed by atoms with Crippen LogP contribution in [0.5, 0.6) is 0 Å². The fourth-order valence-corrected chi connectivity index (χ4v) is 2.85. The van der Waals surface area contributed by atoms with Gasteiger partial charge in [0.25, 0.3) is 0 Å². The Kier molecular flexibility index (Phi) is 7.57. The van der Waals surface area contributed by atoms with Gasteiger partial charge in [0.1, 0.15) is 0 Å². The summed E-state index contributed by atoms with van der Waals surface area (Å²) in [5.41, 5.74) is 10.2. The Bertz CT molecular complexity index is 849. The number of nitrogens with zero attached hydrogens (tertiary/aromatic N) is 2. The number of allylic oxidation sites excluding steroid dienone is 1. The third kappa shape index (κ3) is 5.42. The number of rotatable bonds is 8. The Morgan fingerprint density at radius 3 is 2.63 bits per heavy atom. The number of aromatic nitrogens is 1. The maximum Gasteiger partial charge on any atom is 0.335 e. The molecule has 0 unspecified atom stereocenters. The van der Waals surface area contributed by atoms with Gasteiger partial charge in [-0.1, -0.05) is 44.0 Å². The number of methoxy groups -OCH3 is 1. The molecule has 27 heavy (non-hydrogen) atoms. The topological polar surface area (TPSA) is 89.0 Å². The van der Waals surface area contributed by atoms with Crippen molar-refractivity contribution in [2.45, 2.75) is 39.0 Å². The van der Waals surface area contributed by atoms with E-state index in [-0.39, 0.29) is 0 Å². The first-order valence-corrected chi connectivity index (χ1v) is 9.11. The molecule has 0 saturated carbocycles. The SMILES string of the molecule is CCCCCC(N)=C(Cc1ccc(-c2ccccc2C#N)nc1)C(=O)OC. The Morgan fingerprint density at radius 1 is 1.22 bits per heavy atom. The molecule has 2 N–H and O–H groups in total. The Labute approximate surface area is 160 Å². The van der Waals surface area contributed by atoms with Crippen molar-refractivity contribution >= 4 is 5.97 Å². The van der Waals surface area contributed by atoms with Crippen LogP contribution in [-0.4, -0.2) is 18.1 Å². The molecule has 140 valence electrons. The zero-order valence-corrected chi connectivity index (χ0v) is 15.9. The number of esters is 1. The Morgan fingerprint density at radius 2 is 2.00 bits per heavy atom. The number of nitriles is 1. The van der Waals surface area contributed by atoms with Crippen molar-refractivity contribution in [1.82, 2.24) is 4.98 Å². The highest BCUT2D eigenvalue weighted by Gasteiger charge is 2.15. The minimum atomic E-state index is -0.400. The molecule has 5 nitrogen and oxygen atoms in total. The van der Waals surface area contributed by atoms with Crippen LogP contribution in [0.4, 0.5) is 0 Å². The van der Waals surface area contributed by atoms with E-state index in [2.05, 4.69) is 18.0 Å².